The van der Waals surface area contributed by atoms with E-state index in [0.717, 1.165) is 4.90 Å². The predicted octanol–water partition coefficient (Wildman–Crippen LogP) is 2.30. The predicted molar refractivity (Wildman–Crippen MR) is 87.4 cm³/mol. The molecule has 0 aromatic carbocycles. The minimum absolute atomic E-state index is 0.221. The zero-order chi connectivity index (χ0) is 19.8. The van der Waals surface area contributed by atoms with E-state index >= 15 is 0 Å². The number of hydrogen-bond acceptors (Lipinski definition) is 4. The third-order valence-electron chi connectivity index (χ3n) is 4.28. The topological polar surface area (TPSA) is 100 Å². The maximum atomic E-state index is 13.1. The van der Waals surface area contributed by atoms with Crippen molar-refractivity contribution in [2.24, 2.45) is 11.8 Å². The monoisotopic (exact) mass is 383 g/mol. The van der Waals surface area contributed by atoms with Gasteiger partial charge in [-0.15, -0.1) is 0 Å². The third kappa shape index (κ3) is 3.86. The largest absolute Gasteiger partial charge is 0.481 e. The number of aromatic nitrogens is 3. The van der Waals surface area contributed by atoms with Crippen molar-refractivity contribution in [3.63, 3.8) is 0 Å². The third-order valence-corrected chi connectivity index (χ3v) is 4.28. The molecule has 8 nitrogen and oxygen atoms in total. The molecule has 1 saturated heterocycles. The molecular weight excluding hydrogens is 367 g/mol. The zero-order valence-corrected chi connectivity index (χ0v) is 14.1. The first-order valence-corrected chi connectivity index (χ1v) is 8.00. The summed E-state index contributed by atoms with van der Waals surface area (Å²) in [7, 11) is 0. The minimum atomic E-state index is -4.70. The first-order chi connectivity index (χ1) is 12.7. The number of alkyl halides is 3. The van der Waals surface area contributed by atoms with Crippen LogP contribution >= 0.6 is 0 Å². The first-order valence-electron chi connectivity index (χ1n) is 8.00. The van der Waals surface area contributed by atoms with Gasteiger partial charge in [0, 0.05) is 25.4 Å². The van der Waals surface area contributed by atoms with Crippen LogP contribution in [0.4, 0.5) is 23.8 Å². The summed E-state index contributed by atoms with van der Waals surface area (Å²) in [5.41, 5.74) is 0.564. The van der Waals surface area contributed by atoms with E-state index in [-0.39, 0.29) is 5.82 Å². The highest BCUT2D eigenvalue weighted by Crippen LogP contribution is 2.37. The number of pyridine rings is 1. The van der Waals surface area contributed by atoms with E-state index in [9.17, 15) is 22.8 Å². The molecule has 27 heavy (non-hydrogen) atoms. The molecule has 0 spiro atoms. The zero-order valence-electron chi connectivity index (χ0n) is 14.1. The second kappa shape index (κ2) is 6.89. The fourth-order valence-electron chi connectivity index (χ4n) is 2.98. The lowest BCUT2D eigenvalue weighted by molar-refractivity contribution is -0.187. The molecule has 0 radical (unpaired) electrons. The lowest BCUT2D eigenvalue weighted by Crippen LogP contribution is -2.35. The Morgan fingerprint density at radius 3 is 2.59 bits per heavy atom. The van der Waals surface area contributed by atoms with Gasteiger partial charge in [0.25, 0.3) is 0 Å². The van der Waals surface area contributed by atoms with Gasteiger partial charge >= 0.3 is 18.2 Å². The number of carboxylic acids is 1. The standard InChI is InChI=1S/C16H16F3N5O3/c1-9-6-13(24(22-9)12-4-2-3-5-20-12)21-15(27)23-7-10(14(25)26)11(8-23)16(17,18)19/h2-6,10-11H,7-8H2,1H3,(H,21,27)(H,25,26)/t10-,11-/m1/s1. The fraction of sp³-hybridized carbons (Fsp3) is 0.375. The molecule has 1 fully saturated rings. The number of nitrogens with zero attached hydrogens (tertiary/aromatic N) is 4. The Balaban J connectivity index is 1.80. The molecule has 2 amide bonds. The summed E-state index contributed by atoms with van der Waals surface area (Å²) in [5, 5.41) is 15.7. The normalized spacial score (nSPS) is 19.9. The number of amides is 2. The fourth-order valence-corrected chi connectivity index (χ4v) is 2.98. The summed E-state index contributed by atoms with van der Waals surface area (Å²) in [4.78, 5) is 28.6. The molecular formula is C16H16F3N5O3. The Kier molecular flexibility index (Phi) is 4.77. The van der Waals surface area contributed by atoms with E-state index in [0.29, 0.717) is 11.5 Å². The van der Waals surface area contributed by atoms with Crippen molar-refractivity contribution in [1.29, 1.82) is 0 Å². The molecule has 0 unspecified atom stereocenters. The van der Waals surface area contributed by atoms with Crippen molar-refractivity contribution in [2.45, 2.75) is 13.1 Å². The van der Waals surface area contributed by atoms with Crippen LogP contribution in [-0.4, -0.2) is 56.0 Å². The summed E-state index contributed by atoms with van der Waals surface area (Å²) >= 11 is 0. The number of urea groups is 1. The van der Waals surface area contributed by atoms with Crippen LogP contribution in [0.5, 0.6) is 0 Å². The van der Waals surface area contributed by atoms with Crippen LogP contribution in [0.1, 0.15) is 5.69 Å². The van der Waals surface area contributed by atoms with Crippen LogP contribution in [0, 0.1) is 18.8 Å². The number of anilines is 1. The summed E-state index contributed by atoms with van der Waals surface area (Å²) in [6, 6.07) is 5.78. The lowest BCUT2D eigenvalue weighted by atomic mass is 9.96. The molecule has 0 aliphatic carbocycles. The van der Waals surface area contributed by atoms with Crippen molar-refractivity contribution in [1.82, 2.24) is 19.7 Å². The summed E-state index contributed by atoms with van der Waals surface area (Å²) < 4.78 is 40.6. The Morgan fingerprint density at radius 2 is 2.04 bits per heavy atom. The molecule has 2 N–H and O–H groups in total. The smallest absolute Gasteiger partial charge is 0.394 e. The lowest BCUT2D eigenvalue weighted by Gasteiger charge is -2.19. The Labute approximate surface area is 151 Å². The first kappa shape index (κ1) is 18.7. The summed E-state index contributed by atoms with van der Waals surface area (Å²) in [6.45, 7) is 0.441. The van der Waals surface area contributed by atoms with Gasteiger partial charge in [-0.2, -0.15) is 23.0 Å². The SMILES string of the molecule is Cc1cc(NC(=O)N2C[C@@H](C(F)(F)F)[C@H](C(=O)O)C2)n(-c2ccccn2)n1. The Hall–Kier alpha value is -3.11. The summed E-state index contributed by atoms with van der Waals surface area (Å²) in [5.74, 6) is -4.75. The number of carbonyl (C=O) groups excluding carboxylic acids is 1. The number of aliphatic carboxylic acids is 1. The number of carbonyl (C=O) groups is 2. The number of hydrogen-bond donors (Lipinski definition) is 2. The molecule has 2 aromatic heterocycles. The van der Waals surface area contributed by atoms with Crippen LogP contribution in [0.2, 0.25) is 0 Å². The summed E-state index contributed by atoms with van der Waals surface area (Å²) in [6.07, 6.45) is -3.17. The maximum Gasteiger partial charge on any atom is 0.394 e. The Morgan fingerprint density at radius 1 is 1.30 bits per heavy atom. The van der Waals surface area contributed by atoms with Crippen molar-refractivity contribution in [2.75, 3.05) is 18.4 Å². The highest BCUT2D eigenvalue weighted by Gasteiger charge is 2.53. The average Bonchev–Trinajstić information content (AvgIpc) is 3.19. The molecule has 2 atom stereocenters. The number of carboxylic acid groups (broad SMARTS) is 1. The number of aryl methyl sites for hydroxylation is 1. The van der Waals surface area contributed by atoms with Crippen molar-refractivity contribution in [3.05, 3.63) is 36.2 Å². The van der Waals surface area contributed by atoms with Gasteiger partial charge < -0.3 is 10.0 Å². The number of nitrogens with one attached hydrogen (secondary N) is 1. The van der Waals surface area contributed by atoms with Gasteiger partial charge in [0.05, 0.1) is 17.5 Å². The molecule has 11 heteroatoms. The van der Waals surface area contributed by atoms with E-state index in [1.165, 1.54) is 10.9 Å². The molecule has 3 rings (SSSR count). The van der Waals surface area contributed by atoms with Crippen molar-refractivity contribution >= 4 is 17.8 Å². The molecule has 144 valence electrons. The number of halogens is 3. The number of likely N-dealkylation sites (tertiary alicyclic amines) is 1. The van der Waals surface area contributed by atoms with E-state index in [2.05, 4.69) is 15.4 Å². The average molecular weight is 383 g/mol. The molecule has 2 aromatic rings. The van der Waals surface area contributed by atoms with E-state index < -0.39 is 43.1 Å². The van der Waals surface area contributed by atoms with E-state index in [1.807, 2.05) is 0 Å². The van der Waals surface area contributed by atoms with E-state index in [1.54, 1.807) is 31.2 Å². The van der Waals surface area contributed by atoms with Crippen LogP contribution < -0.4 is 5.32 Å². The van der Waals surface area contributed by atoms with Crippen molar-refractivity contribution < 1.29 is 27.9 Å². The van der Waals surface area contributed by atoms with Crippen LogP contribution in [0.25, 0.3) is 5.82 Å². The van der Waals surface area contributed by atoms with Crippen LogP contribution in [0.15, 0.2) is 30.5 Å². The van der Waals surface area contributed by atoms with Crippen LogP contribution in [0.3, 0.4) is 0 Å². The molecule has 1 aliphatic heterocycles. The number of rotatable bonds is 3. The molecule has 1 aliphatic rings. The van der Waals surface area contributed by atoms with Crippen LogP contribution in [-0.2, 0) is 4.79 Å². The van der Waals surface area contributed by atoms with E-state index in [4.69, 9.17) is 5.11 Å². The van der Waals surface area contributed by atoms with Gasteiger partial charge in [-0.05, 0) is 19.1 Å². The molecule has 0 saturated carbocycles. The molecule has 0 bridgehead atoms. The van der Waals surface area contributed by atoms with Gasteiger partial charge in [-0.3, -0.25) is 10.1 Å². The van der Waals surface area contributed by atoms with Gasteiger partial charge in [-0.25, -0.2) is 9.78 Å². The van der Waals surface area contributed by atoms with Crippen molar-refractivity contribution in [3.8, 4) is 5.82 Å². The Bertz CT molecular complexity index is 853. The highest BCUT2D eigenvalue weighted by atomic mass is 19.4. The maximum absolute atomic E-state index is 13.1. The van der Waals surface area contributed by atoms with Gasteiger partial charge in [-0.1, -0.05) is 6.07 Å². The second-order valence-corrected chi connectivity index (χ2v) is 6.20. The highest BCUT2D eigenvalue weighted by molar-refractivity contribution is 5.89. The van der Waals surface area contributed by atoms with Gasteiger partial charge in [0.1, 0.15) is 5.82 Å². The van der Waals surface area contributed by atoms with Gasteiger partial charge in [0.15, 0.2) is 5.82 Å². The minimum Gasteiger partial charge on any atom is -0.481 e. The van der Waals surface area contributed by atoms with Gasteiger partial charge in [0.2, 0.25) is 0 Å². The quantitative estimate of drug-likeness (QED) is 0.847. The molecule has 3 heterocycles. The second-order valence-electron chi connectivity index (χ2n) is 6.20.